The Morgan fingerprint density at radius 2 is 0.600 bits per heavy atom. The van der Waals surface area contributed by atoms with Gasteiger partial charge < -0.3 is 37.2 Å². The van der Waals surface area contributed by atoms with Gasteiger partial charge in [0.05, 0.1) is 0 Å². The van der Waals surface area contributed by atoms with Crippen LogP contribution in [-0.2, 0) is 21.7 Å². The maximum atomic E-state index is 0. The van der Waals surface area contributed by atoms with Crippen molar-refractivity contribution in [2.24, 2.45) is 0 Å². The van der Waals surface area contributed by atoms with Crippen LogP contribution in [0.3, 0.4) is 0 Å². The molecule has 0 aliphatic carbocycles. The van der Waals surface area contributed by atoms with E-state index in [2.05, 4.69) is 0 Å². The zero-order valence-electron chi connectivity index (χ0n) is 1.63. The second kappa shape index (κ2) is 31.4. The average Bonchev–Trinajstić information content (AvgIpc) is 0. The third-order valence-corrected chi connectivity index (χ3v) is 0. The van der Waals surface area contributed by atoms with Crippen molar-refractivity contribution in [1.82, 2.24) is 0 Å². The van der Waals surface area contributed by atoms with Crippen LogP contribution in [0.2, 0.25) is 0 Å². The Kier molecular flexibility index (Phi) is 318. The SMILES string of the molecule is [Cl-].[Cl-].[Cl-].[PbH4].[Ti+3]. The summed E-state index contributed by atoms with van der Waals surface area (Å²) in [6.45, 7) is 0. The molecule has 0 aromatic heterocycles. The summed E-state index contributed by atoms with van der Waals surface area (Å²) in [7, 11) is 0. The Balaban J connectivity index is 0. The van der Waals surface area contributed by atoms with Crippen molar-refractivity contribution in [3.8, 4) is 0 Å². The molecule has 0 unspecified atom stereocenters. The van der Waals surface area contributed by atoms with Crippen LogP contribution in [-0.4, -0.2) is 27.3 Å². The largest absolute Gasteiger partial charge is 3.00 e. The van der Waals surface area contributed by atoms with Crippen molar-refractivity contribution in [2.75, 3.05) is 0 Å². The van der Waals surface area contributed by atoms with Gasteiger partial charge in [-0.1, -0.05) is 0 Å². The van der Waals surface area contributed by atoms with Crippen molar-refractivity contribution in [2.45, 2.75) is 0 Å². The molecule has 33 valence electrons. The van der Waals surface area contributed by atoms with E-state index in [-0.39, 0.29) is 86.2 Å². The van der Waals surface area contributed by atoms with E-state index >= 15 is 0 Å². The third kappa shape index (κ3) is 21.0. The molecule has 5 heavy (non-hydrogen) atoms. The van der Waals surface area contributed by atoms with Gasteiger partial charge in [0.15, 0.2) is 0 Å². The zero-order chi connectivity index (χ0) is 0. The van der Waals surface area contributed by atoms with E-state index in [0.29, 0.717) is 0 Å². The summed E-state index contributed by atoms with van der Waals surface area (Å²) < 4.78 is 0. The molecular formula is H4Cl3PbTi. The van der Waals surface area contributed by atoms with Gasteiger partial charge in [-0.15, -0.1) is 0 Å². The first-order valence-electron chi connectivity index (χ1n) is 0. The molecule has 0 saturated heterocycles. The van der Waals surface area contributed by atoms with Gasteiger partial charge in [-0.3, -0.25) is 0 Å². The fourth-order valence-electron chi connectivity index (χ4n) is 0. The Bertz CT molecular complexity index is 6.85. The summed E-state index contributed by atoms with van der Waals surface area (Å²) in [6, 6.07) is 0. The minimum Gasteiger partial charge on any atom is 3.00 e. The van der Waals surface area contributed by atoms with E-state index in [1.165, 1.54) is 0 Å². The van der Waals surface area contributed by atoms with Gasteiger partial charge in [0.2, 0.25) is 0 Å². The predicted octanol–water partition coefficient (Wildman–Crippen LogP) is -10.4. The van der Waals surface area contributed by atoms with Crippen LogP contribution < -0.4 is 37.2 Å². The number of hydrogen-bond donors (Lipinski definition) is 0. The fraction of sp³-hybridized carbons (Fsp3) is 0. The summed E-state index contributed by atoms with van der Waals surface area (Å²) in [6.07, 6.45) is 0. The molecule has 0 heterocycles. The molecule has 0 spiro atoms. The predicted molar refractivity (Wildman–Crippen MR) is 11.3 cm³/mol. The summed E-state index contributed by atoms with van der Waals surface area (Å²) in [5, 5.41) is 0. The molecule has 0 saturated carbocycles. The molecule has 0 amide bonds. The molecule has 0 aliphatic heterocycles. The Labute approximate surface area is 85.1 Å². The van der Waals surface area contributed by atoms with Gasteiger partial charge in [-0.2, -0.15) is 0 Å². The molecule has 1 radical (unpaired) electrons. The van der Waals surface area contributed by atoms with Crippen LogP contribution in [0.5, 0.6) is 0 Å². The topological polar surface area (TPSA) is 0 Å². The quantitative estimate of drug-likeness (QED) is 0.374. The van der Waals surface area contributed by atoms with Crippen molar-refractivity contribution < 1.29 is 58.9 Å². The van der Waals surface area contributed by atoms with Crippen molar-refractivity contribution in [3.05, 3.63) is 0 Å². The maximum Gasteiger partial charge on any atom is 3.00 e. The van der Waals surface area contributed by atoms with Crippen molar-refractivity contribution >= 4 is 27.3 Å². The summed E-state index contributed by atoms with van der Waals surface area (Å²) in [5.41, 5.74) is 0. The van der Waals surface area contributed by atoms with Crippen molar-refractivity contribution in [1.29, 1.82) is 0 Å². The number of halogens is 3. The number of rotatable bonds is 0. The van der Waals surface area contributed by atoms with Gasteiger partial charge in [-0.05, 0) is 0 Å². The van der Waals surface area contributed by atoms with E-state index in [1.807, 2.05) is 0 Å². The number of hydrogen-bond acceptors (Lipinski definition) is 0. The van der Waals surface area contributed by atoms with E-state index in [4.69, 9.17) is 0 Å². The van der Waals surface area contributed by atoms with Crippen LogP contribution >= 0.6 is 0 Å². The molecule has 5 heteroatoms. The van der Waals surface area contributed by atoms with Gasteiger partial charge in [-0.25, -0.2) is 0 Å². The van der Waals surface area contributed by atoms with Crippen LogP contribution in [0, 0.1) is 0 Å². The molecule has 0 N–H and O–H groups in total. The van der Waals surface area contributed by atoms with Crippen LogP contribution in [0.4, 0.5) is 0 Å². The zero-order valence-corrected chi connectivity index (χ0v) is 5.46. The summed E-state index contributed by atoms with van der Waals surface area (Å²) in [5.74, 6) is 0. The van der Waals surface area contributed by atoms with Crippen LogP contribution in [0.1, 0.15) is 0 Å². The summed E-state index contributed by atoms with van der Waals surface area (Å²) >= 11 is 0. The van der Waals surface area contributed by atoms with E-state index < -0.39 is 0 Å². The van der Waals surface area contributed by atoms with Gasteiger partial charge >= 0.3 is 49.0 Å². The third-order valence-electron chi connectivity index (χ3n) is 0. The van der Waals surface area contributed by atoms with Gasteiger partial charge in [0, 0.05) is 0 Å². The first kappa shape index (κ1) is 50.6. The second-order valence-corrected chi connectivity index (χ2v) is 0. The maximum absolute atomic E-state index is 0. The second-order valence-electron chi connectivity index (χ2n) is 0. The minimum atomic E-state index is 0. The molecular weight excluding hydrogens is 361 g/mol. The monoisotopic (exact) mass is 365 g/mol. The molecule has 0 atom stereocenters. The van der Waals surface area contributed by atoms with Gasteiger partial charge in [0.25, 0.3) is 0 Å². The van der Waals surface area contributed by atoms with Gasteiger partial charge in [0.1, 0.15) is 0 Å². The Morgan fingerprint density at radius 1 is 0.600 bits per heavy atom. The van der Waals surface area contributed by atoms with E-state index in [0.717, 1.165) is 0 Å². The molecule has 0 aliphatic rings. The average molecular weight is 365 g/mol. The van der Waals surface area contributed by atoms with Crippen LogP contribution in [0.25, 0.3) is 0 Å². The standard InChI is InChI=1S/3ClH.Pb.Ti.4H/h3*1H;;;;;;/q;;;;+3;;;;/p-3. The van der Waals surface area contributed by atoms with Crippen molar-refractivity contribution in [3.63, 3.8) is 0 Å². The molecule has 0 fully saturated rings. The normalized spacial score (nSPS) is 0. The first-order valence-corrected chi connectivity index (χ1v) is 0. The van der Waals surface area contributed by atoms with Crippen LogP contribution in [0.15, 0.2) is 0 Å². The molecule has 0 rings (SSSR count). The Morgan fingerprint density at radius 3 is 0.600 bits per heavy atom. The molecule has 0 aromatic rings. The molecule has 0 nitrogen and oxygen atoms in total. The molecule has 0 bridgehead atoms. The minimum absolute atomic E-state index is 0. The smallest absolute Gasteiger partial charge is 3.00 e. The van der Waals surface area contributed by atoms with E-state index in [9.17, 15) is 0 Å². The summed E-state index contributed by atoms with van der Waals surface area (Å²) in [4.78, 5) is 0. The molecule has 0 aromatic carbocycles. The Hall–Kier alpha value is 2.51. The first-order chi connectivity index (χ1) is 0. The van der Waals surface area contributed by atoms with E-state index in [1.54, 1.807) is 0 Å². The fourth-order valence-corrected chi connectivity index (χ4v) is 0.